The Balaban J connectivity index is 2.08. The van der Waals surface area contributed by atoms with Gasteiger partial charge in [-0.3, -0.25) is 9.78 Å². The first kappa shape index (κ1) is 12.7. The van der Waals surface area contributed by atoms with Gasteiger partial charge in [-0.2, -0.15) is 0 Å². The van der Waals surface area contributed by atoms with Crippen LogP contribution in [0.25, 0.3) is 0 Å². The van der Waals surface area contributed by atoms with E-state index in [0.29, 0.717) is 16.9 Å². The SMILES string of the molecule is O=C(Nc1ccncc1)c1ccc(C#CCO)cn1. The summed E-state index contributed by atoms with van der Waals surface area (Å²) < 4.78 is 0. The molecule has 5 nitrogen and oxygen atoms in total. The van der Waals surface area contributed by atoms with Gasteiger partial charge in [-0.1, -0.05) is 11.8 Å². The van der Waals surface area contributed by atoms with Crippen molar-refractivity contribution in [2.24, 2.45) is 0 Å². The van der Waals surface area contributed by atoms with Gasteiger partial charge in [0.15, 0.2) is 0 Å². The summed E-state index contributed by atoms with van der Waals surface area (Å²) in [4.78, 5) is 19.7. The summed E-state index contributed by atoms with van der Waals surface area (Å²) in [5, 5.41) is 11.3. The van der Waals surface area contributed by atoms with Crippen LogP contribution in [0.2, 0.25) is 0 Å². The molecule has 2 aromatic rings. The summed E-state index contributed by atoms with van der Waals surface area (Å²) in [6.45, 7) is -0.204. The highest BCUT2D eigenvalue weighted by molar-refractivity contribution is 6.02. The van der Waals surface area contributed by atoms with Gasteiger partial charge in [0.05, 0.1) is 0 Å². The number of aliphatic hydroxyl groups excluding tert-OH is 1. The summed E-state index contributed by atoms with van der Waals surface area (Å²) >= 11 is 0. The van der Waals surface area contributed by atoms with E-state index in [1.807, 2.05) is 0 Å². The third kappa shape index (κ3) is 3.63. The van der Waals surface area contributed by atoms with Crippen molar-refractivity contribution in [2.45, 2.75) is 0 Å². The second-order valence-electron chi connectivity index (χ2n) is 3.58. The van der Waals surface area contributed by atoms with Crippen LogP contribution in [0.4, 0.5) is 5.69 Å². The van der Waals surface area contributed by atoms with Crippen molar-refractivity contribution >= 4 is 11.6 Å². The molecule has 0 aliphatic carbocycles. The molecule has 0 atom stereocenters. The van der Waals surface area contributed by atoms with E-state index in [4.69, 9.17) is 5.11 Å². The van der Waals surface area contributed by atoms with Crippen LogP contribution in [0.3, 0.4) is 0 Å². The van der Waals surface area contributed by atoms with E-state index in [1.54, 1.807) is 36.7 Å². The first-order valence-corrected chi connectivity index (χ1v) is 5.57. The molecule has 0 aliphatic heterocycles. The van der Waals surface area contributed by atoms with Gasteiger partial charge in [0.25, 0.3) is 5.91 Å². The minimum absolute atomic E-state index is 0.204. The number of amides is 1. The fourth-order valence-corrected chi connectivity index (χ4v) is 1.37. The largest absolute Gasteiger partial charge is 0.384 e. The lowest BCUT2D eigenvalue weighted by Gasteiger charge is -2.03. The van der Waals surface area contributed by atoms with Crippen LogP contribution >= 0.6 is 0 Å². The monoisotopic (exact) mass is 253 g/mol. The minimum Gasteiger partial charge on any atom is -0.384 e. The molecule has 1 amide bonds. The number of aromatic nitrogens is 2. The van der Waals surface area contributed by atoms with E-state index in [2.05, 4.69) is 27.1 Å². The number of aliphatic hydroxyl groups is 1. The third-order valence-electron chi connectivity index (χ3n) is 2.25. The highest BCUT2D eigenvalue weighted by Gasteiger charge is 2.06. The summed E-state index contributed by atoms with van der Waals surface area (Å²) in [6, 6.07) is 6.65. The first-order chi connectivity index (χ1) is 9.29. The van der Waals surface area contributed by atoms with Gasteiger partial charge in [0.2, 0.25) is 0 Å². The molecule has 0 radical (unpaired) electrons. The molecule has 0 unspecified atom stereocenters. The van der Waals surface area contributed by atoms with Crippen LogP contribution in [0, 0.1) is 11.8 Å². The van der Waals surface area contributed by atoms with Gasteiger partial charge in [0.1, 0.15) is 12.3 Å². The highest BCUT2D eigenvalue weighted by Crippen LogP contribution is 2.06. The molecule has 19 heavy (non-hydrogen) atoms. The summed E-state index contributed by atoms with van der Waals surface area (Å²) in [5.74, 6) is 4.92. The summed E-state index contributed by atoms with van der Waals surface area (Å²) in [6.07, 6.45) is 4.68. The Labute approximate surface area is 110 Å². The van der Waals surface area contributed by atoms with Crippen molar-refractivity contribution in [1.82, 2.24) is 9.97 Å². The number of hydrogen-bond donors (Lipinski definition) is 2. The molecular formula is C14H11N3O2. The third-order valence-corrected chi connectivity index (χ3v) is 2.25. The number of carbonyl (C=O) groups is 1. The van der Waals surface area contributed by atoms with Crippen molar-refractivity contribution in [1.29, 1.82) is 0 Å². The van der Waals surface area contributed by atoms with Crippen molar-refractivity contribution in [3.05, 3.63) is 54.1 Å². The second-order valence-corrected chi connectivity index (χ2v) is 3.58. The van der Waals surface area contributed by atoms with Crippen LogP contribution in [0.1, 0.15) is 16.1 Å². The molecule has 0 aliphatic rings. The van der Waals surface area contributed by atoms with Crippen LogP contribution < -0.4 is 5.32 Å². The zero-order chi connectivity index (χ0) is 13.5. The van der Waals surface area contributed by atoms with E-state index in [0.717, 1.165) is 0 Å². The number of anilines is 1. The molecule has 2 aromatic heterocycles. The van der Waals surface area contributed by atoms with Gasteiger partial charge in [-0.05, 0) is 24.3 Å². The van der Waals surface area contributed by atoms with Crippen molar-refractivity contribution < 1.29 is 9.90 Å². The second kappa shape index (κ2) is 6.28. The molecule has 2 rings (SSSR count). The van der Waals surface area contributed by atoms with Crippen molar-refractivity contribution in [2.75, 3.05) is 11.9 Å². The molecule has 0 saturated heterocycles. The molecular weight excluding hydrogens is 242 g/mol. The maximum atomic E-state index is 11.9. The summed E-state index contributed by atoms with van der Waals surface area (Å²) in [5.41, 5.74) is 1.60. The zero-order valence-electron chi connectivity index (χ0n) is 10.00. The number of rotatable bonds is 2. The lowest BCUT2D eigenvalue weighted by atomic mass is 10.2. The Hall–Kier alpha value is -2.71. The van der Waals surface area contributed by atoms with E-state index in [1.165, 1.54) is 6.20 Å². The minimum atomic E-state index is -0.298. The van der Waals surface area contributed by atoms with Crippen LogP contribution in [0.5, 0.6) is 0 Å². The molecule has 2 heterocycles. The number of pyridine rings is 2. The van der Waals surface area contributed by atoms with E-state index in [-0.39, 0.29) is 12.5 Å². The molecule has 5 heteroatoms. The quantitative estimate of drug-likeness (QED) is 0.785. The van der Waals surface area contributed by atoms with Crippen LogP contribution in [-0.2, 0) is 0 Å². The average molecular weight is 253 g/mol. The predicted octanol–water partition coefficient (Wildman–Crippen LogP) is 1.07. The number of nitrogens with one attached hydrogen (secondary N) is 1. The topological polar surface area (TPSA) is 75.1 Å². The fraction of sp³-hybridized carbons (Fsp3) is 0.0714. The zero-order valence-corrected chi connectivity index (χ0v) is 10.00. The number of carbonyl (C=O) groups excluding carboxylic acids is 1. The Morgan fingerprint density at radius 3 is 2.68 bits per heavy atom. The molecule has 94 valence electrons. The van der Waals surface area contributed by atoms with Gasteiger partial charge in [-0.25, -0.2) is 4.98 Å². The van der Waals surface area contributed by atoms with Gasteiger partial charge in [-0.15, -0.1) is 0 Å². The molecule has 0 saturated carbocycles. The molecule has 2 N–H and O–H groups in total. The molecule has 0 bridgehead atoms. The average Bonchev–Trinajstić information content (AvgIpc) is 2.46. The molecule has 0 spiro atoms. The Kier molecular flexibility index (Phi) is 4.21. The molecule has 0 fully saturated rings. The van der Waals surface area contributed by atoms with E-state index < -0.39 is 0 Å². The lowest BCUT2D eigenvalue weighted by Crippen LogP contribution is -2.13. The summed E-state index contributed by atoms with van der Waals surface area (Å²) in [7, 11) is 0. The van der Waals surface area contributed by atoms with Crippen LogP contribution in [0.15, 0.2) is 42.9 Å². The van der Waals surface area contributed by atoms with Gasteiger partial charge < -0.3 is 10.4 Å². The van der Waals surface area contributed by atoms with Crippen molar-refractivity contribution in [3.63, 3.8) is 0 Å². The molecule has 0 aromatic carbocycles. The Bertz CT molecular complexity index is 613. The Morgan fingerprint density at radius 1 is 1.26 bits per heavy atom. The maximum absolute atomic E-state index is 11.9. The first-order valence-electron chi connectivity index (χ1n) is 5.57. The normalized spacial score (nSPS) is 9.32. The van der Waals surface area contributed by atoms with E-state index >= 15 is 0 Å². The number of nitrogens with zero attached hydrogens (tertiary/aromatic N) is 2. The highest BCUT2D eigenvalue weighted by atomic mass is 16.2. The van der Waals surface area contributed by atoms with Gasteiger partial charge >= 0.3 is 0 Å². The van der Waals surface area contributed by atoms with Crippen LogP contribution in [-0.4, -0.2) is 27.6 Å². The smallest absolute Gasteiger partial charge is 0.274 e. The predicted molar refractivity (Wildman–Crippen MR) is 70.4 cm³/mol. The van der Waals surface area contributed by atoms with Gasteiger partial charge in [0, 0.05) is 29.8 Å². The standard InChI is InChI=1S/C14H11N3O2/c18-9-1-2-11-3-4-13(16-10-11)14(19)17-12-5-7-15-8-6-12/h3-8,10,18H,9H2,(H,15,17,19). The lowest BCUT2D eigenvalue weighted by molar-refractivity contribution is 0.102. The number of hydrogen-bond acceptors (Lipinski definition) is 4. The maximum Gasteiger partial charge on any atom is 0.274 e. The fourth-order valence-electron chi connectivity index (χ4n) is 1.37. The van der Waals surface area contributed by atoms with E-state index in [9.17, 15) is 4.79 Å². The van der Waals surface area contributed by atoms with Crippen molar-refractivity contribution in [3.8, 4) is 11.8 Å². The Morgan fingerprint density at radius 2 is 2.05 bits per heavy atom.